The number of carbonyl (C=O) groups excluding carboxylic acids is 1. The maximum atomic E-state index is 12.1. The van der Waals surface area contributed by atoms with Crippen LogP contribution < -0.4 is 10.6 Å². The van der Waals surface area contributed by atoms with Crippen molar-refractivity contribution in [3.8, 4) is 0 Å². The number of rotatable bonds is 9. The zero-order chi connectivity index (χ0) is 28.1. The first-order chi connectivity index (χ1) is 19.1. The lowest BCUT2D eigenvalue weighted by molar-refractivity contribution is -0.117. The van der Waals surface area contributed by atoms with Gasteiger partial charge in [0.1, 0.15) is 5.82 Å². The molecule has 2 fully saturated rings. The predicted molar refractivity (Wildman–Crippen MR) is 157 cm³/mol. The molecule has 1 aliphatic heterocycles. The normalized spacial score (nSPS) is 19.2. The van der Waals surface area contributed by atoms with E-state index in [0.29, 0.717) is 17.3 Å². The lowest BCUT2D eigenvalue weighted by Crippen LogP contribution is -2.39. The molecule has 0 unspecified atom stereocenters. The van der Waals surface area contributed by atoms with Gasteiger partial charge >= 0.3 is 0 Å². The third kappa shape index (κ3) is 5.53. The lowest BCUT2D eigenvalue weighted by Gasteiger charge is -2.48. The summed E-state index contributed by atoms with van der Waals surface area (Å²) in [6, 6.07) is 8.87. The van der Waals surface area contributed by atoms with Gasteiger partial charge in [0, 0.05) is 55.0 Å². The summed E-state index contributed by atoms with van der Waals surface area (Å²) in [7, 11) is 0. The highest BCUT2D eigenvalue weighted by Crippen LogP contribution is 2.53. The van der Waals surface area contributed by atoms with Crippen molar-refractivity contribution in [1.29, 1.82) is 0 Å². The van der Waals surface area contributed by atoms with Gasteiger partial charge in [0.2, 0.25) is 5.91 Å². The zero-order valence-electron chi connectivity index (χ0n) is 24.7. The Hall–Kier alpha value is -3.20. The fourth-order valence-corrected chi connectivity index (χ4v) is 6.36. The van der Waals surface area contributed by atoms with E-state index in [4.69, 9.17) is 10.2 Å². The Balaban J connectivity index is 1.11. The molecule has 4 heterocycles. The van der Waals surface area contributed by atoms with E-state index in [-0.39, 0.29) is 17.2 Å². The summed E-state index contributed by atoms with van der Waals surface area (Å²) in [5.41, 5.74) is 4.12. The predicted octanol–water partition coefficient (Wildman–Crippen LogP) is 6.02. The van der Waals surface area contributed by atoms with E-state index < -0.39 is 0 Å². The second kappa shape index (κ2) is 10.3. The van der Waals surface area contributed by atoms with E-state index in [1.807, 2.05) is 12.1 Å². The molecule has 2 aliphatic carbocycles. The highest BCUT2D eigenvalue weighted by molar-refractivity contribution is 5.93. The number of hydrogen-bond acceptors (Lipinski definition) is 6. The van der Waals surface area contributed by atoms with Gasteiger partial charge in [0.15, 0.2) is 11.6 Å². The number of hydrogen-bond donors (Lipinski definition) is 2. The monoisotopic (exact) mass is 544 g/mol. The van der Waals surface area contributed by atoms with Crippen molar-refractivity contribution in [2.75, 3.05) is 17.2 Å². The first-order valence-corrected chi connectivity index (χ1v) is 15.1. The molecule has 0 spiro atoms. The van der Waals surface area contributed by atoms with Gasteiger partial charge < -0.3 is 10.6 Å². The van der Waals surface area contributed by atoms with Crippen molar-refractivity contribution in [2.45, 2.75) is 104 Å². The molecule has 3 aromatic heterocycles. The van der Waals surface area contributed by atoms with Crippen LogP contribution in [0.15, 0.2) is 30.5 Å². The average molecular weight is 545 g/mol. The fourth-order valence-electron chi connectivity index (χ4n) is 6.36. The summed E-state index contributed by atoms with van der Waals surface area (Å²) in [6.45, 7) is 14.8. The van der Waals surface area contributed by atoms with Crippen LogP contribution in [-0.4, -0.2) is 41.9 Å². The largest absolute Gasteiger partial charge is 0.322 e. The van der Waals surface area contributed by atoms with Crippen LogP contribution in [-0.2, 0) is 29.8 Å². The van der Waals surface area contributed by atoms with E-state index in [1.54, 1.807) is 6.20 Å². The van der Waals surface area contributed by atoms with E-state index in [9.17, 15) is 4.79 Å². The third-order valence-corrected chi connectivity index (χ3v) is 9.25. The highest BCUT2D eigenvalue weighted by Gasteiger charge is 2.44. The Kier molecular flexibility index (Phi) is 6.97. The van der Waals surface area contributed by atoms with Gasteiger partial charge in [0.25, 0.3) is 0 Å². The Morgan fingerprint density at radius 1 is 1.02 bits per heavy atom. The van der Waals surface area contributed by atoms with Crippen molar-refractivity contribution in [3.63, 3.8) is 0 Å². The van der Waals surface area contributed by atoms with Crippen LogP contribution >= 0.6 is 0 Å². The number of carbonyl (C=O) groups is 1. The fraction of sp³-hybridized carbons (Fsp3) is 0.613. The molecule has 6 rings (SSSR count). The molecular weight excluding hydrogens is 500 g/mol. The van der Waals surface area contributed by atoms with Gasteiger partial charge in [-0.05, 0) is 48.8 Å². The van der Waals surface area contributed by atoms with Gasteiger partial charge in [-0.2, -0.15) is 10.2 Å². The summed E-state index contributed by atoms with van der Waals surface area (Å²) in [5, 5.41) is 16.4. The Bertz CT molecular complexity index is 1370. The zero-order valence-corrected chi connectivity index (χ0v) is 24.7. The van der Waals surface area contributed by atoms with E-state index in [1.165, 1.54) is 37.1 Å². The van der Waals surface area contributed by atoms with Crippen LogP contribution in [0.1, 0.15) is 96.1 Å². The SMILES string of the molecule is CCC1(CC)CC(n2nc(Nc3cc4n(n3)CCN(Cc3ccnc(NC(=O)C5CC5)c3)C4)cc2C(C)(C)C)C1. The number of nitrogens with one attached hydrogen (secondary N) is 2. The molecule has 9 heteroatoms. The summed E-state index contributed by atoms with van der Waals surface area (Å²) in [6.07, 6.45) is 8.68. The minimum absolute atomic E-state index is 0.0189. The standard InChI is InChI=1S/C31H44N8O/c1-6-31(7-2)17-24(18-31)39-25(30(3,4)5)16-28(36-39)33-27-15-23-20-37(12-13-38(23)35-27)19-21-10-11-32-26(14-21)34-29(40)22-8-9-22/h10-11,14-16,22,24H,6-9,12-13,17-20H2,1-5H3,(H,32,34,40)(H,33,35,36). The Labute approximate surface area is 237 Å². The smallest absolute Gasteiger partial charge is 0.228 e. The number of nitrogens with zero attached hydrogens (tertiary/aromatic N) is 6. The second-order valence-electron chi connectivity index (χ2n) is 13.3. The quantitative estimate of drug-likeness (QED) is 0.342. The van der Waals surface area contributed by atoms with E-state index in [2.05, 4.69) is 76.6 Å². The van der Waals surface area contributed by atoms with Crippen LogP contribution in [0, 0.1) is 11.3 Å². The first kappa shape index (κ1) is 27.0. The number of anilines is 3. The highest BCUT2D eigenvalue weighted by atomic mass is 16.2. The number of pyridine rings is 1. The van der Waals surface area contributed by atoms with Gasteiger partial charge in [-0.25, -0.2) is 4.98 Å². The molecule has 9 nitrogen and oxygen atoms in total. The molecule has 1 amide bonds. The molecule has 3 aromatic rings. The molecule has 0 aromatic carbocycles. The molecule has 2 saturated carbocycles. The lowest BCUT2D eigenvalue weighted by atomic mass is 9.62. The summed E-state index contributed by atoms with van der Waals surface area (Å²) < 4.78 is 4.40. The molecule has 3 aliphatic rings. The number of fused-ring (bicyclic) bond motifs is 1. The molecule has 214 valence electrons. The minimum Gasteiger partial charge on any atom is -0.322 e. The van der Waals surface area contributed by atoms with Crippen molar-refractivity contribution in [2.24, 2.45) is 11.3 Å². The molecule has 40 heavy (non-hydrogen) atoms. The van der Waals surface area contributed by atoms with Crippen LogP contribution in [0.25, 0.3) is 0 Å². The molecular formula is C31H44N8O. The summed E-state index contributed by atoms with van der Waals surface area (Å²) in [4.78, 5) is 18.9. The van der Waals surface area contributed by atoms with Gasteiger partial charge in [-0.3, -0.25) is 19.1 Å². The maximum absolute atomic E-state index is 12.1. The van der Waals surface area contributed by atoms with Gasteiger partial charge in [0.05, 0.1) is 18.3 Å². The van der Waals surface area contributed by atoms with E-state index in [0.717, 1.165) is 56.2 Å². The van der Waals surface area contributed by atoms with Crippen LogP contribution in [0.2, 0.25) is 0 Å². The number of aromatic nitrogens is 5. The van der Waals surface area contributed by atoms with Gasteiger partial charge in [-0.15, -0.1) is 0 Å². The maximum Gasteiger partial charge on any atom is 0.228 e. The number of amides is 1. The second-order valence-corrected chi connectivity index (χ2v) is 13.3. The third-order valence-electron chi connectivity index (χ3n) is 9.25. The molecule has 0 atom stereocenters. The van der Waals surface area contributed by atoms with Crippen LogP contribution in [0.5, 0.6) is 0 Å². The van der Waals surface area contributed by atoms with E-state index >= 15 is 0 Å². The Morgan fingerprint density at radius 3 is 2.48 bits per heavy atom. The van der Waals surface area contributed by atoms with Crippen molar-refractivity contribution in [3.05, 3.63) is 47.4 Å². The van der Waals surface area contributed by atoms with Crippen LogP contribution in [0.4, 0.5) is 17.5 Å². The molecule has 0 radical (unpaired) electrons. The Morgan fingerprint density at radius 2 is 1.77 bits per heavy atom. The molecule has 2 N–H and O–H groups in total. The molecule has 0 saturated heterocycles. The van der Waals surface area contributed by atoms with Crippen LogP contribution in [0.3, 0.4) is 0 Å². The molecule has 0 bridgehead atoms. The van der Waals surface area contributed by atoms with Crippen molar-refractivity contribution >= 4 is 23.4 Å². The van der Waals surface area contributed by atoms with Gasteiger partial charge in [-0.1, -0.05) is 47.5 Å². The van der Waals surface area contributed by atoms with Crippen molar-refractivity contribution < 1.29 is 4.79 Å². The topological polar surface area (TPSA) is 92.9 Å². The summed E-state index contributed by atoms with van der Waals surface area (Å²) >= 11 is 0. The minimum atomic E-state index is 0.0189. The van der Waals surface area contributed by atoms with Crippen molar-refractivity contribution in [1.82, 2.24) is 29.4 Å². The summed E-state index contributed by atoms with van der Waals surface area (Å²) in [5.74, 6) is 2.63. The average Bonchev–Trinajstić information content (AvgIpc) is 3.54. The first-order valence-electron chi connectivity index (χ1n) is 15.1.